The largest absolute Gasteiger partial charge is 0.411 e. The van der Waals surface area contributed by atoms with Gasteiger partial charge in [0.05, 0.1) is 13.2 Å². The molecule has 0 aliphatic carbocycles. The first kappa shape index (κ1) is 24.4. The maximum atomic E-state index is 12.2. The van der Waals surface area contributed by atoms with Gasteiger partial charge in [0, 0.05) is 12.1 Å². The Morgan fingerprint density at radius 3 is 2.00 bits per heavy atom. The third kappa shape index (κ3) is 8.80. The fourth-order valence-corrected chi connectivity index (χ4v) is 2.69. The summed E-state index contributed by atoms with van der Waals surface area (Å²) in [5.41, 5.74) is 2.95. The predicted molar refractivity (Wildman–Crippen MR) is 111 cm³/mol. The van der Waals surface area contributed by atoms with Crippen molar-refractivity contribution in [1.29, 1.82) is 0 Å². The first-order valence-corrected chi connectivity index (χ1v) is 9.82. The highest BCUT2D eigenvalue weighted by Crippen LogP contribution is 2.22. The van der Waals surface area contributed by atoms with E-state index in [1.165, 1.54) is 0 Å². The summed E-state index contributed by atoms with van der Waals surface area (Å²) in [7, 11) is 0. The third-order valence-corrected chi connectivity index (χ3v) is 4.47. The van der Waals surface area contributed by atoms with E-state index in [2.05, 4.69) is 36.1 Å². The van der Waals surface area contributed by atoms with Gasteiger partial charge < -0.3 is 15.4 Å². The Morgan fingerprint density at radius 1 is 0.871 bits per heavy atom. The van der Waals surface area contributed by atoms with Crippen LogP contribution in [0.15, 0.2) is 48.5 Å². The summed E-state index contributed by atoms with van der Waals surface area (Å²) in [6.07, 6.45) is -4.35. The Kier molecular flexibility index (Phi) is 8.21. The molecule has 0 radical (unpaired) electrons. The molecule has 5 nitrogen and oxygen atoms in total. The molecule has 0 aliphatic heterocycles. The van der Waals surface area contributed by atoms with Crippen molar-refractivity contribution in [2.45, 2.75) is 45.5 Å². The molecule has 0 aliphatic rings. The molecule has 168 valence electrons. The van der Waals surface area contributed by atoms with Gasteiger partial charge >= 0.3 is 6.18 Å². The maximum absolute atomic E-state index is 12.2. The zero-order valence-corrected chi connectivity index (χ0v) is 17.8. The van der Waals surface area contributed by atoms with Crippen LogP contribution < -0.4 is 10.6 Å². The highest BCUT2D eigenvalue weighted by molar-refractivity contribution is 5.96. The number of alkyl halides is 3. The minimum Gasteiger partial charge on any atom is -0.367 e. The minimum atomic E-state index is -4.35. The lowest BCUT2D eigenvalue weighted by molar-refractivity contribution is -0.176. The zero-order chi connectivity index (χ0) is 23.1. The van der Waals surface area contributed by atoms with Gasteiger partial charge in [0.15, 0.2) is 0 Å². The first-order valence-electron chi connectivity index (χ1n) is 9.82. The Bertz CT molecular complexity index is 871. The van der Waals surface area contributed by atoms with E-state index in [-0.39, 0.29) is 36.9 Å². The summed E-state index contributed by atoms with van der Waals surface area (Å²) in [5, 5.41) is 5.26. The molecule has 0 saturated heterocycles. The number of rotatable bonds is 8. The molecule has 0 aromatic heterocycles. The summed E-state index contributed by atoms with van der Waals surface area (Å²) in [6.45, 7) is 4.89. The molecule has 0 saturated carbocycles. The number of nitrogens with one attached hydrogen (secondary N) is 2. The Balaban J connectivity index is 1.73. The van der Waals surface area contributed by atoms with Crippen molar-refractivity contribution in [1.82, 2.24) is 10.6 Å². The van der Waals surface area contributed by atoms with Crippen molar-refractivity contribution in [3.05, 3.63) is 70.8 Å². The molecule has 2 aromatic rings. The SMILES string of the molecule is CC(C)(C)c1ccc(C(=O)NCC(=O)NCc2ccc(COCC(F)(F)F)cc2)cc1. The van der Waals surface area contributed by atoms with Crippen molar-refractivity contribution in [2.75, 3.05) is 13.2 Å². The summed E-state index contributed by atoms with van der Waals surface area (Å²) in [6, 6.07) is 13.9. The second kappa shape index (κ2) is 10.4. The quantitative estimate of drug-likeness (QED) is 0.655. The molecular weight excluding hydrogens is 409 g/mol. The molecule has 8 heteroatoms. The highest BCUT2D eigenvalue weighted by atomic mass is 19.4. The van der Waals surface area contributed by atoms with Crippen LogP contribution in [0.25, 0.3) is 0 Å². The van der Waals surface area contributed by atoms with E-state index in [9.17, 15) is 22.8 Å². The number of halogens is 3. The van der Waals surface area contributed by atoms with Crippen LogP contribution in [0.3, 0.4) is 0 Å². The maximum Gasteiger partial charge on any atom is 0.411 e. The van der Waals surface area contributed by atoms with Crippen LogP contribution in [0, 0.1) is 0 Å². The Morgan fingerprint density at radius 2 is 1.45 bits per heavy atom. The lowest BCUT2D eigenvalue weighted by atomic mass is 9.87. The third-order valence-electron chi connectivity index (χ3n) is 4.47. The summed E-state index contributed by atoms with van der Waals surface area (Å²) < 4.78 is 40.8. The van der Waals surface area contributed by atoms with Crippen LogP contribution in [0.1, 0.15) is 47.8 Å². The second-order valence-corrected chi connectivity index (χ2v) is 8.21. The van der Waals surface area contributed by atoms with Crippen LogP contribution in [-0.4, -0.2) is 31.1 Å². The van der Waals surface area contributed by atoms with Gasteiger partial charge in [-0.1, -0.05) is 57.2 Å². The molecule has 0 spiro atoms. The molecule has 2 rings (SSSR count). The number of ether oxygens (including phenoxy) is 1. The molecule has 2 N–H and O–H groups in total. The van der Waals surface area contributed by atoms with Gasteiger partial charge in [0.25, 0.3) is 5.91 Å². The molecule has 0 heterocycles. The lowest BCUT2D eigenvalue weighted by Gasteiger charge is -2.19. The fourth-order valence-electron chi connectivity index (χ4n) is 2.69. The van der Waals surface area contributed by atoms with Gasteiger partial charge in [-0.3, -0.25) is 9.59 Å². The molecule has 0 unspecified atom stereocenters. The number of carbonyl (C=O) groups excluding carboxylic acids is 2. The smallest absolute Gasteiger partial charge is 0.367 e. The second-order valence-electron chi connectivity index (χ2n) is 8.21. The average Bonchev–Trinajstić information content (AvgIpc) is 2.70. The van der Waals surface area contributed by atoms with Crippen molar-refractivity contribution in [3.8, 4) is 0 Å². The van der Waals surface area contributed by atoms with E-state index >= 15 is 0 Å². The van der Waals surface area contributed by atoms with E-state index in [0.29, 0.717) is 11.1 Å². The van der Waals surface area contributed by atoms with Crippen LogP contribution in [0.2, 0.25) is 0 Å². The molecule has 0 bridgehead atoms. The summed E-state index contributed by atoms with van der Waals surface area (Å²) in [4.78, 5) is 24.2. The van der Waals surface area contributed by atoms with Crippen LogP contribution >= 0.6 is 0 Å². The van der Waals surface area contributed by atoms with Crippen molar-refractivity contribution in [2.24, 2.45) is 0 Å². The van der Waals surface area contributed by atoms with E-state index in [4.69, 9.17) is 0 Å². The van der Waals surface area contributed by atoms with Gasteiger partial charge in [0.1, 0.15) is 6.61 Å². The van der Waals surface area contributed by atoms with Crippen LogP contribution in [-0.2, 0) is 28.1 Å². The average molecular weight is 436 g/mol. The number of benzene rings is 2. The number of carbonyl (C=O) groups is 2. The van der Waals surface area contributed by atoms with Crippen molar-refractivity contribution >= 4 is 11.8 Å². The number of hydrogen-bond donors (Lipinski definition) is 2. The highest BCUT2D eigenvalue weighted by Gasteiger charge is 2.27. The monoisotopic (exact) mass is 436 g/mol. The van der Waals surface area contributed by atoms with E-state index < -0.39 is 12.8 Å². The molecule has 2 aromatic carbocycles. The van der Waals surface area contributed by atoms with E-state index in [1.54, 1.807) is 36.4 Å². The van der Waals surface area contributed by atoms with Gasteiger partial charge in [-0.05, 0) is 34.2 Å². The van der Waals surface area contributed by atoms with Gasteiger partial charge in [-0.2, -0.15) is 13.2 Å². The van der Waals surface area contributed by atoms with Crippen molar-refractivity contribution in [3.63, 3.8) is 0 Å². The zero-order valence-electron chi connectivity index (χ0n) is 17.8. The Hall–Kier alpha value is -2.87. The van der Waals surface area contributed by atoms with E-state index in [1.807, 2.05) is 12.1 Å². The van der Waals surface area contributed by atoms with Crippen LogP contribution in [0.5, 0.6) is 0 Å². The molecule has 0 atom stereocenters. The van der Waals surface area contributed by atoms with Crippen molar-refractivity contribution < 1.29 is 27.5 Å². The normalized spacial score (nSPS) is 11.8. The van der Waals surface area contributed by atoms with Gasteiger partial charge in [0.2, 0.25) is 5.91 Å². The standard InChI is InChI=1S/C23H27F3N2O3/c1-22(2,3)19-10-8-18(9-11-19)21(30)28-13-20(29)27-12-16-4-6-17(7-5-16)14-31-15-23(24,25)26/h4-11H,12-15H2,1-3H3,(H,27,29)(H,28,30). The number of amides is 2. The molecule has 31 heavy (non-hydrogen) atoms. The topological polar surface area (TPSA) is 67.4 Å². The van der Waals surface area contributed by atoms with Crippen LogP contribution in [0.4, 0.5) is 13.2 Å². The summed E-state index contributed by atoms with van der Waals surface area (Å²) in [5.74, 6) is -0.684. The minimum absolute atomic E-state index is 0.0107. The fraction of sp³-hybridized carbons (Fsp3) is 0.391. The molecule has 2 amide bonds. The predicted octanol–water partition coefficient (Wildman–Crippen LogP) is 4.11. The Labute approximate surface area is 180 Å². The summed E-state index contributed by atoms with van der Waals surface area (Å²) >= 11 is 0. The first-order chi connectivity index (χ1) is 14.4. The molecular formula is C23H27F3N2O3. The van der Waals surface area contributed by atoms with Gasteiger partial charge in [-0.15, -0.1) is 0 Å². The number of hydrogen-bond acceptors (Lipinski definition) is 3. The lowest BCUT2D eigenvalue weighted by Crippen LogP contribution is -2.36. The van der Waals surface area contributed by atoms with Gasteiger partial charge in [-0.25, -0.2) is 0 Å². The molecule has 0 fully saturated rings. The van der Waals surface area contributed by atoms with E-state index in [0.717, 1.165) is 11.1 Å².